The third-order valence-corrected chi connectivity index (χ3v) is 4.70. The van der Waals surface area contributed by atoms with Crippen LogP contribution in [0, 0.1) is 13.8 Å². The molecule has 0 fully saturated rings. The smallest absolute Gasteiger partial charge is 0.233 e. The first-order chi connectivity index (χ1) is 10.9. The molecule has 1 aromatic carbocycles. The average Bonchev–Trinajstić information content (AvgIpc) is 2.51. The minimum absolute atomic E-state index is 0.0134. The van der Waals surface area contributed by atoms with E-state index >= 15 is 0 Å². The molecule has 0 saturated carbocycles. The van der Waals surface area contributed by atoms with Gasteiger partial charge in [-0.25, -0.2) is 9.97 Å². The second-order valence-electron chi connectivity index (χ2n) is 5.45. The Morgan fingerprint density at radius 1 is 1.22 bits per heavy atom. The molecule has 0 aliphatic rings. The molecule has 0 radical (unpaired) electrons. The molecule has 0 aliphatic heterocycles. The summed E-state index contributed by atoms with van der Waals surface area (Å²) in [5.74, 6) is 0.359. The highest BCUT2D eigenvalue weighted by atomic mass is 35.5. The van der Waals surface area contributed by atoms with Crippen LogP contribution in [0.3, 0.4) is 0 Å². The van der Waals surface area contributed by atoms with Gasteiger partial charge in [0.15, 0.2) is 5.16 Å². The fourth-order valence-electron chi connectivity index (χ4n) is 2.17. The van der Waals surface area contributed by atoms with E-state index in [0.717, 1.165) is 17.0 Å². The van der Waals surface area contributed by atoms with Gasteiger partial charge in [-0.15, -0.1) is 0 Å². The molecule has 2 aromatic rings. The lowest BCUT2D eigenvalue weighted by Crippen LogP contribution is -2.31. The predicted octanol–water partition coefficient (Wildman–Crippen LogP) is 4.06. The molecule has 0 aliphatic carbocycles. The van der Waals surface area contributed by atoms with Gasteiger partial charge in [-0.3, -0.25) is 4.79 Å². The second-order valence-corrected chi connectivity index (χ2v) is 6.83. The van der Waals surface area contributed by atoms with E-state index in [1.54, 1.807) is 4.90 Å². The van der Waals surface area contributed by atoms with E-state index in [0.29, 0.717) is 15.9 Å². The van der Waals surface area contributed by atoms with Crippen LogP contribution in [-0.2, 0) is 4.79 Å². The maximum Gasteiger partial charge on any atom is 0.233 e. The van der Waals surface area contributed by atoms with Crippen LogP contribution >= 0.6 is 23.4 Å². The monoisotopic (exact) mass is 349 g/mol. The number of carbonyl (C=O) groups excluding carboxylic acids is 1. The SMILES string of the molecule is Cc1cc(C)nc(SCC(=O)N(C)[C@H](C)c2ccc(Cl)cc2)n1. The van der Waals surface area contributed by atoms with Gasteiger partial charge in [-0.1, -0.05) is 35.5 Å². The van der Waals surface area contributed by atoms with Crippen molar-refractivity contribution in [1.29, 1.82) is 0 Å². The van der Waals surface area contributed by atoms with Gasteiger partial charge in [0.25, 0.3) is 0 Å². The van der Waals surface area contributed by atoms with Crippen molar-refractivity contribution in [2.24, 2.45) is 0 Å². The number of nitrogens with zero attached hydrogens (tertiary/aromatic N) is 3. The van der Waals surface area contributed by atoms with Crippen LogP contribution in [0.5, 0.6) is 0 Å². The van der Waals surface area contributed by atoms with Crippen molar-refractivity contribution in [3.63, 3.8) is 0 Å². The van der Waals surface area contributed by atoms with E-state index in [9.17, 15) is 4.79 Å². The van der Waals surface area contributed by atoms with Gasteiger partial charge >= 0.3 is 0 Å². The number of aromatic nitrogens is 2. The van der Waals surface area contributed by atoms with Gasteiger partial charge in [-0.2, -0.15) is 0 Å². The fraction of sp³-hybridized carbons (Fsp3) is 0.353. The molecule has 1 amide bonds. The molecular weight excluding hydrogens is 330 g/mol. The Hall–Kier alpha value is -1.59. The highest BCUT2D eigenvalue weighted by Crippen LogP contribution is 2.22. The number of amides is 1. The summed E-state index contributed by atoms with van der Waals surface area (Å²) >= 11 is 7.27. The number of rotatable bonds is 5. The second kappa shape index (κ2) is 7.79. The summed E-state index contributed by atoms with van der Waals surface area (Å²) < 4.78 is 0. The Balaban J connectivity index is 1.97. The van der Waals surface area contributed by atoms with Crippen molar-refractivity contribution in [2.45, 2.75) is 32.0 Å². The molecule has 0 unspecified atom stereocenters. The maximum atomic E-state index is 12.4. The summed E-state index contributed by atoms with van der Waals surface area (Å²) in [5.41, 5.74) is 2.88. The Morgan fingerprint density at radius 2 is 1.78 bits per heavy atom. The Labute approximate surface area is 146 Å². The number of hydrogen-bond acceptors (Lipinski definition) is 4. The summed E-state index contributed by atoms with van der Waals surface area (Å²) in [7, 11) is 1.81. The molecule has 0 N–H and O–H groups in total. The van der Waals surface area contributed by atoms with Crippen LogP contribution in [0.4, 0.5) is 0 Å². The van der Waals surface area contributed by atoms with Crippen LogP contribution in [0.1, 0.15) is 29.9 Å². The predicted molar refractivity (Wildman–Crippen MR) is 94.9 cm³/mol. The van der Waals surface area contributed by atoms with Crippen LogP contribution in [-0.4, -0.2) is 33.6 Å². The van der Waals surface area contributed by atoms with Crippen molar-refractivity contribution < 1.29 is 4.79 Å². The summed E-state index contributed by atoms with van der Waals surface area (Å²) in [4.78, 5) is 22.8. The molecule has 1 aromatic heterocycles. The molecular formula is C17H20ClN3OS. The first-order valence-corrected chi connectivity index (χ1v) is 8.69. The van der Waals surface area contributed by atoms with Crippen LogP contribution in [0.25, 0.3) is 0 Å². The van der Waals surface area contributed by atoms with E-state index in [-0.39, 0.29) is 11.9 Å². The number of thioether (sulfide) groups is 1. The summed E-state index contributed by atoms with van der Waals surface area (Å²) in [5, 5.41) is 1.33. The maximum absolute atomic E-state index is 12.4. The molecule has 1 atom stereocenters. The summed E-state index contributed by atoms with van der Waals surface area (Å²) in [6.45, 7) is 5.85. The lowest BCUT2D eigenvalue weighted by Gasteiger charge is -2.25. The molecule has 6 heteroatoms. The van der Waals surface area contributed by atoms with Crippen molar-refractivity contribution in [2.75, 3.05) is 12.8 Å². The van der Waals surface area contributed by atoms with Gasteiger partial charge in [-0.05, 0) is 44.5 Å². The highest BCUT2D eigenvalue weighted by Gasteiger charge is 2.18. The minimum Gasteiger partial charge on any atom is -0.338 e. The number of carbonyl (C=O) groups is 1. The van der Waals surface area contributed by atoms with Crippen LogP contribution in [0.2, 0.25) is 5.02 Å². The van der Waals surface area contributed by atoms with Crippen molar-refractivity contribution in [1.82, 2.24) is 14.9 Å². The van der Waals surface area contributed by atoms with Gasteiger partial charge in [0.05, 0.1) is 11.8 Å². The lowest BCUT2D eigenvalue weighted by molar-refractivity contribution is -0.128. The Bertz CT molecular complexity index is 670. The first-order valence-electron chi connectivity index (χ1n) is 7.33. The molecule has 1 heterocycles. The van der Waals surface area contributed by atoms with Crippen LogP contribution < -0.4 is 0 Å². The topological polar surface area (TPSA) is 46.1 Å². The number of aryl methyl sites for hydroxylation is 2. The molecule has 23 heavy (non-hydrogen) atoms. The molecule has 0 bridgehead atoms. The van der Waals surface area contributed by atoms with E-state index in [1.807, 2.05) is 58.2 Å². The van der Waals surface area contributed by atoms with Gasteiger partial charge < -0.3 is 4.90 Å². The number of hydrogen-bond donors (Lipinski definition) is 0. The summed E-state index contributed by atoms with van der Waals surface area (Å²) in [6, 6.07) is 9.46. The largest absolute Gasteiger partial charge is 0.338 e. The van der Waals surface area contributed by atoms with Crippen molar-refractivity contribution >= 4 is 29.3 Å². The molecule has 0 spiro atoms. The zero-order valence-electron chi connectivity index (χ0n) is 13.7. The Kier molecular flexibility index (Phi) is 6.02. The van der Waals surface area contributed by atoms with Crippen molar-refractivity contribution in [3.8, 4) is 0 Å². The van der Waals surface area contributed by atoms with Crippen LogP contribution in [0.15, 0.2) is 35.5 Å². The van der Waals surface area contributed by atoms with E-state index in [4.69, 9.17) is 11.6 Å². The standard InChI is InChI=1S/C17H20ClN3OS/c1-11-9-12(2)20-17(19-11)23-10-16(22)21(4)13(3)14-5-7-15(18)8-6-14/h5-9,13H,10H2,1-4H3/t13-/m1/s1. The van der Waals surface area contributed by atoms with E-state index < -0.39 is 0 Å². The fourth-order valence-corrected chi connectivity index (χ4v) is 3.17. The zero-order valence-corrected chi connectivity index (χ0v) is 15.3. The zero-order chi connectivity index (χ0) is 17.0. The molecule has 4 nitrogen and oxygen atoms in total. The van der Waals surface area contributed by atoms with Crippen molar-refractivity contribution in [3.05, 3.63) is 52.3 Å². The lowest BCUT2D eigenvalue weighted by atomic mass is 10.1. The van der Waals surface area contributed by atoms with E-state index in [2.05, 4.69) is 9.97 Å². The van der Waals surface area contributed by atoms with Gasteiger partial charge in [0.1, 0.15) is 0 Å². The summed E-state index contributed by atoms with van der Waals surface area (Å²) in [6.07, 6.45) is 0. The Morgan fingerprint density at radius 3 is 2.35 bits per heavy atom. The first kappa shape index (κ1) is 17.8. The van der Waals surface area contributed by atoms with E-state index in [1.165, 1.54) is 11.8 Å². The minimum atomic E-state index is -0.0134. The molecule has 2 rings (SSSR count). The normalized spacial score (nSPS) is 12.0. The quantitative estimate of drug-likeness (QED) is 0.603. The third-order valence-electron chi connectivity index (χ3n) is 3.61. The number of halogens is 1. The highest BCUT2D eigenvalue weighted by molar-refractivity contribution is 7.99. The third kappa shape index (κ3) is 4.94. The van der Waals surface area contributed by atoms with Gasteiger partial charge in [0.2, 0.25) is 5.91 Å². The molecule has 0 saturated heterocycles. The number of benzene rings is 1. The average molecular weight is 350 g/mol. The molecule has 122 valence electrons. The van der Waals surface area contributed by atoms with Gasteiger partial charge in [0, 0.05) is 23.5 Å².